The van der Waals surface area contributed by atoms with Gasteiger partial charge >= 0.3 is 5.97 Å². The van der Waals surface area contributed by atoms with Gasteiger partial charge in [0.25, 0.3) is 0 Å². The zero-order valence-corrected chi connectivity index (χ0v) is 9.08. The smallest absolute Gasteiger partial charge is 0.337 e. The average molecular weight is 240 g/mol. The van der Waals surface area contributed by atoms with Gasteiger partial charge in [0.1, 0.15) is 11.3 Å². The summed E-state index contributed by atoms with van der Waals surface area (Å²) in [6.07, 6.45) is 1.35. The number of ether oxygens (including phenoxy) is 1. The molecule has 1 aromatic heterocycles. The van der Waals surface area contributed by atoms with Crippen molar-refractivity contribution in [1.82, 2.24) is 4.98 Å². The van der Waals surface area contributed by atoms with Gasteiger partial charge in [0.2, 0.25) is 0 Å². The number of methoxy groups -OCH3 is 1. The Labute approximate surface area is 95.8 Å². The molecule has 0 amide bonds. The summed E-state index contributed by atoms with van der Waals surface area (Å²) in [5, 5.41) is 0.849. The first-order chi connectivity index (χ1) is 7.61. The Morgan fingerprint density at radius 3 is 2.88 bits per heavy atom. The van der Waals surface area contributed by atoms with Crippen LogP contribution < -0.4 is 0 Å². The summed E-state index contributed by atoms with van der Waals surface area (Å²) in [5.74, 6) is -1.17. The summed E-state index contributed by atoms with van der Waals surface area (Å²) < 4.78 is 18.1. The largest absolute Gasteiger partial charge is 0.465 e. The van der Waals surface area contributed by atoms with E-state index in [1.54, 1.807) is 6.07 Å². The first-order valence-corrected chi connectivity index (χ1v) is 4.82. The molecule has 2 aromatic rings. The summed E-state index contributed by atoms with van der Waals surface area (Å²) in [7, 11) is 1.24. The van der Waals surface area contributed by atoms with Crippen molar-refractivity contribution in [1.29, 1.82) is 0 Å². The van der Waals surface area contributed by atoms with Crippen LogP contribution in [0, 0.1) is 5.82 Å². The normalized spacial score (nSPS) is 10.4. The predicted molar refractivity (Wildman–Crippen MR) is 58.1 cm³/mol. The summed E-state index contributed by atoms with van der Waals surface area (Å²) in [6, 6.07) is 4.12. The van der Waals surface area contributed by atoms with Gasteiger partial charge < -0.3 is 4.74 Å². The molecule has 0 atom stereocenters. The second kappa shape index (κ2) is 4.06. The molecule has 0 radical (unpaired) electrons. The van der Waals surface area contributed by atoms with Crippen molar-refractivity contribution < 1.29 is 13.9 Å². The SMILES string of the molecule is COC(=O)c1cc(F)c2ncc(Cl)cc2c1. The Morgan fingerprint density at radius 2 is 2.19 bits per heavy atom. The summed E-state index contributed by atoms with van der Waals surface area (Å²) in [6.45, 7) is 0. The molecule has 0 saturated heterocycles. The molecule has 0 N–H and O–H groups in total. The molecule has 0 unspecified atom stereocenters. The van der Waals surface area contributed by atoms with E-state index in [0.29, 0.717) is 10.4 Å². The maximum Gasteiger partial charge on any atom is 0.337 e. The fourth-order valence-electron chi connectivity index (χ4n) is 1.41. The first kappa shape index (κ1) is 10.8. The minimum atomic E-state index is -0.597. The van der Waals surface area contributed by atoms with Crippen LogP contribution in [-0.4, -0.2) is 18.1 Å². The van der Waals surface area contributed by atoms with E-state index in [2.05, 4.69) is 9.72 Å². The van der Waals surface area contributed by atoms with Crippen molar-refractivity contribution in [3.05, 3.63) is 40.8 Å². The average Bonchev–Trinajstić information content (AvgIpc) is 2.27. The van der Waals surface area contributed by atoms with E-state index in [9.17, 15) is 9.18 Å². The van der Waals surface area contributed by atoms with E-state index < -0.39 is 11.8 Å². The summed E-state index contributed by atoms with van der Waals surface area (Å²) >= 11 is 5.74. The molecule has 0 aliphatic carbocycles. The quantitative estimate of drug-likeness (QED) is 0.719. The zero-order valence-electron chi connectivity index (χ0n) is 8.33. The number of nitrogens with zero attached hydrogens (tertiary/aromatic N) is 1. The number of fused-ring (bicyclic) bond motifs is 1. The second-order valence-corrected chi connectivity index (χ2v) is 3.61. The van der Waals surface area contributed by atoms with Crippen LogP contribution in [0.5, 0.6) is 0 Å². The number of pyridine rings is 1. The number of hydrogen-bond acceptors (Lipinski definition) is 3. The number of hydrogen-bond donors (Lipinski definition) is 0. The molecule has 5 heteroatoms. The number of carbonyl (C=O) groups excluding carboxylic acids is 1. The highest BCUT2D eigenvalue weighted by molar-refractivity contribution is 6.31. The molecule has 2 rings (SSSR count). The van der Waals surface area contributed by atoms with Crippen LogP contribution in [-0.2, 0) is 4.74 Å². The van der Waals surface area contributed by atoms with Crippen molar-refractivity contribution in [2.45, 2.75) is 0 Å². The third-order valence-electron chi connectivity index (χ3n) is 2.12. The number of aromatic nitrogens is 1. The van der Waals surface area contributed by atoms with Gasteiger partial charge in [0.05, 0.1) is 17.7 Å². The molecule has 1 heterocycles. The van der Waals surface area contributed by atoms with Crippen LogP contribution in [0.3, 0.4) is 0 Å². The summed E-state index contributed by atoms with van der Waals surface area (Å²) in [4.78, 5) is 15.1. The molecule has 0 bridgehead atoms. The van der Waals surface area contributed by atoms with E-state index in [1.807, 2.05) is 0 Å². The maximum absolute atomic E-state index is 13.6. The lowest BCUT2D eigenvalue weighted by Crippen LogP contribution is -2.02. The van der Waals surface area contributed by atoms with E-state index in [-0.39, 0.29) is 11.1 Å². The summed E-state index contributed by atoms with van der Waals surface area (Å²) in [5.41, 5.74) is 0.314. The standard InChI is InChI=1S/C11H7ClFNO2/c1-16-11(15)7-2-6-3-8(12)5-14-10(6)9(13)4-7/h2-5H,1H3. The van der Waals surface area contributed by atoms with Crippen molar-refractivity contribution in [3.8, 4) is 0 Å². The molecular weight excluding hydrogens is 233 g/mol. The highest BCUT2D eigenvalue weighted by atomic mass is 35.5. The van der Waals surface area contributed by atoms with E-state index in [4.69, 9.17) is 11.6 Å². The molecule has 0 aliphatic heterocycles. The lowest BCUT2D eigenvalue weighted by molar-refractivity contribution is 0.0600. The number of halogens is 2. The van der Waals surface area contributed by atoms with Crippen molar-refractivity contribution in [2.24, 2.45) is 0 Å². The maximum atomic E-state index is 13.6. The Bertz CT molecular complexity index is 571. The van der Waals surface area contributed by atoms with Gasteiger partial charge in [-0.05, 0) is 18.2 Å². The molecule has 0 aliphatic rings. The monoisotopic (exact) mass is 239 g/mol. The predicted octanol–water partition coefficient (Wildman–Crippen LogP) is 2.81. The van der Waals surface area contributed by atoms with Crippen LogP contribution in [0.15, 0.2) is 24.4 Å². The minimum absolute atomic E-state index is 0.136. The second-order valence-electron chi connectivity index (χ2n) is 3.17. The molecule has 0 spiro atoms. The minimum Gasteiger partial charge on any atom is -0.465 e. The van der Waals surface area contributed by atoms with Gasteiger partial charge in [-0.3, -0.25) is 4.98 Å². The first-order valence-electron chi connectivity index (χ1n) is 4.45. The number of rotatable bonds is 1. The third-order valence-corrected chi connectivity index (χ3v) is 2.33. The van der Waals surface area contributed by atoms with Crippen molar-refractivity contribution in [3.63, 3.8) is 0 Å². The fourth-order valence-corrected chi connectivity index (χ4v) is 1.58. The zero-order chi connectivity index (χ0) is 11.7. The van der Waals surface area contributed by atoms with Crippen LogP contribution in [0.25, 0.3) is 10.9 Å². The van der Waals surface area contributed by atoms with E-state index in [0.717, 1.165) is 6.07 Å². The molecule has 3 nitrogen and oxygen atoms in total. The molecule has 82 valence electrons. The molecule has 16 heavy (non-hydrogen) atoms. The Morgan fingerprint density at radius 1 is 1.44 bits per heavy atom. The number of esters is 1. The van der Waals surface area contributed by atoms with Crippen LogP contribution in [0.4, 0.5) is 4.39 Å². The van der Waals surface area contributed by atoms with Gasteiger partial charge in [-0.1, -0.05) is 11.6 Å². The highest BCUT2D eigenvalue weighted by Gasteiger charge is 2.11. The number of carbonyl (C=O) groups is 1. The highest BCUT2D eigenvalue weighted by Crippen LogP contribution is 2.21. The molecule has 1 aromatic carbocycles. The lowest BCUT2D eigenvalue weighted by atomic mass is 10.1. The molecule has 0 saturated carbocycles. The topological polar surface area (TPSA) is 39.2 Å². The van der Waals surface area contributed by atoms with Gasteiger partial charge in [0.15, 0.2) is 0 Å². The number of benzene rings is 1. The molecule has 0 fully saturated rings. The van der Waals surface area contributed by atoms with Crippen molar-refractivity contribution in [2.75, 3.05) is 7.11 Å². The van der Waals surface area contributed by atoms with Crippen LogP contribution in [0.2, 0.25) is 5.02 Å². The lowest BCUT2D eigenvalue weighted by Gasteiger charge is -2.03. The van der Waals surface area contributed by atoms with Gasteiger partial charge in [-0.2, -0.15) is 0 Å². The molecular formula is C11H7ClFNO2. The van der Waals surface area contributed by atoms with E-state index in [1.165, 1.54) is 19.4 Å². The Kier molecular flexibility index (Phi) is 2.75. The van der Waals surface area contributed by atoms with Crippen LogP contribution in [0.1, 0.15) is 10.4 Å². The fraction of sp³-hybridized carbons (Fsp3) is 0.0909. The van der Waals surface area contributed by atoms with Gasteiger partial charge in [-0.15, -0.1) is 0 Å². The van der Waals surface area contributed by atoms with Crippen LogP contribution >= 0.6 is 11.6 Å². The Balaban J connectivity index is 2.69. The van der Waals surface area contributed by atoms with Crippen molar-refractivity contribution >= 4 is 28.5 Å². The van der Waals surface area contributed by atoms with Gasteiger partial charge in [-0.25, -0.2) is 9.18 Å². The van der Waals surface area contributed by atoms with E-state index >= 15 is 0 Å². The Hall–Kier alpha value is -1.68. The van der Waals surface area contributed by atoms with Gasteiger partial charge in [0, 0.05) is 11.6 Å². The third kappa shape index (κ3) is 1.84.